The number of para-hydroxylation sites is 1. The molecular formula is C12H16F3NO2. The molecule has 6 heteroatoms. The molecule has 0 saturated carbocycles. The van der Waals surface area contributed by atoms with Crippen LogP contribution in [0.5, 0.6) is 11.5 Å². The first-order valence-corrected chi connectivity index (χ1v) is 5.42. The fourth-order valence-electron chi connectivity index (χ4n) is 1.68. The van der Waals surface area contributed by atoms with Crippen molar-refractivity contribution in [3.05, 3.63) is 23.8 Å². The third kappa shape index (κ3) is 3.80. The Morgan fingerprint density at radius 1 is 1.22 bits per heavy atom. The van der Waals surface area contributed by atoms with Crippen molar-refractivity contribution in [2.75, 3.05) is 14.2 Å². The Labute approximate surface area is 104 Å². The highest BCUT2D eigenvalue weighted by Gasteiger charge is 2.28. The highest BCUT2D eigenvalue weighted by molar-refractivity contribution is 5.47. The van der Waals surface area contributed by atoms with E-state index in [9.17, 15) is 13.2 Å². The van der Waals surface area contributed by atoms with Crippen molar-refractivity contribution < 1.29 is 22.6 Å². The predicted molar refractivity (Wildman–Crippen MR) is 61.8 cm³/mol. The molecule has 0 heterocycles. The second kappa shape index (κ2) is 5.95. The van der Waals surface area contributed by atoms with Crippen molar-refractivity contribution >= 4 is 0 Å². The predicted octanol–water partition coefficient (Wildman–Crippen LogP) is 3.05. The summed E-state index contributed by atoms with van der Waals surface area (Å²) >= 11 is 0. The van der Waals surface area contributed by atoms with Gasteiger partial charge < -0.3 is 15.2 Å². The molecule has 0 aliphatic heterocycles. The minimum absolute atomic E-state index is 0.187. The number of hydrogen-bond donors (Lipinski definition) is 1. The van der Waals surface area contributed by atoms with Crippen LogP contribution < -0.4 is 15.2 Å². The molecule has 18 heavy (non-hydrogen) atoms. The van der Waals surface area contributed by atoms with E-state index in [1.54, 1.807) is 18.2 Å². The smallest absolute Gasteiger partial charge is 0.389 e. The lowest BCUT2D eigenvalue weighted by atomic mass is 10.0. The SMILES string of the molecule is COc1cccc(C(N)CCC(F)(F)F)c1OC. The molecule has 1 atom stereocenters. The molecule has 3 nitrogen and oxygen atoms in total. The first kappa shape index (κ1) is 14.6. The van der Waals surface area contributed by atoms with Gasteiger partial charge in [-0.3, -0.25) is 0 Å². The minimum Gasteiger partial charge on any atom is -0.493 e. The maximum atomic E-state index is 12.1. The summed E-state index contributed by atoms with van der Waals surface area (Å²) in [6.07, 6.45) is -5.31. The zero-order valence-corrected chi connectivity index (χ0v) is 10.3. The quantitative estimate of drug-likeness (QED) is 0.888. The van der Waals surface area contributed by atoms with E-state index in [4.69, 9.17) is 15.2 Å². The summed E-state index contributed by atoms with van der Waals surface area (Å²) in [4.78, 5) is 0. The number of benzene rings is 1. The Hall–Kier alpha value is -1.43. The second-order valence-corrected chi connectivity index (χ2v) is 3.84. The van der Waals surface area contributed by atoms with Gasteiger partial charge in [0.25, 0.3) is 0 Å². The largest absolute Gasteiger partial charge is 0.493 e. The molecule has 0 amide bonds. The van der Waals surface area contributed by atoms with E-state index in [2.05, 4.69) is 0 Å². The van der Waals surface area contributed by atoms with E-state index < -0.39 is 18.6 Å². The van der Waals surface area contributed by atoms with Gasteiger partial charge in [0.05, 0.1) is 14.2 Å². The van der Waals surface area contributed by atoms with E-state index in [1.807, 2.05) is 0 Å². The molecule has 1 rings (SSSR count). The lowest BCUT2D eigenvalue weighted by Crippen LogP contribution is -2.16. The number of ether oxygens (including phenoxy) is 2. The summed E-state index contributed by atoms with van der Waals surface area (Å²) in [5.41, 5.74) is 6.28. The molecule has 0 fully saturated rings. The third-order valence-corrected chi connectivity index (χ3v) is 2.57. The van der Waals surface area contributed by atoms with Crippen LogP contribution in [0.2, 0.25) is 0 Å². The highest BCUT2D eigenvalue weighted by atomic mass is 19.4. The number of methoxy groups -OCH3 is 2. The molecule has 0 spiro atoms. The molecule has 1 aromatic rings. The first-order valence-electron chi connectivity index (χ1n) is 5.42. The zero-order chi connectivity index (χ0) is 13.8. The normalized spacial score (nSPS) is 13.2. The third-order valence-electron chi connectivity index (χ3n) is 2.57. The number of halogens is 3. The first-order chi connectivity index (χ1) is 8.39. The Kier molecular flexibility index (Phi) is 4.84. The Morgan fingerprint density at radius 3 is 2.39 bits per heavy atom. The van der Waals surface area contributed by atoms with Gasteiger partial charge in [0, 0.05) is 18.0 Å². The summed E-state index contributed by atoms with van der Waals surface area (Å²) in [7, 11) is 2.89. The van der Waals surface area contributed by atoms with Gasteiger partial charge in [-0.25, -0.2) is 0 Å². The van der Waals surface area contributed by atoms with Crippen molar-refractivity contribution in [2.45, 2.75) is 25.1 Å². The Balaban J connectivity index is 2.88. The molecule has 0 saturated heterocycles. The summed E-state index contributed by atoms with van der Waals surface area (Å²) in [5, 5.41) is 0. The van der Waals surface area contributed by atoms with E-state index in [-0.39, 0.29) is 6.42 Å². The monoisotopic (exact) mass is 263 g/mol. The van der Waals surface area contributed by atoms with Gasteiger partial charge in [-0.2, -0.15) is 13.2 Å². The zero-order valence-electron chi connectivity index (χ0n) is 10.3. The molecular weight excluding hydrogens is 247 g/mol. The molecule has 1 unspecified atom stereocenters. The minimum atomic E-state index is -4.20. The maximum absolute atomic E-state index is 12.1. The van der Waals surface area contributed by atoms with E-state index >= 15 is 0 Å². The number of alkyl halides is 3. The van der Waals surface area contributed by atoms with Gasteiger partial charge in [-0.05, 0) is 12.5 Å². The van der Waals surface area contributed by atoms with Gasteiger partial charge in [0.2, 0.25) is 0 Å². The van der Waals surface area contributed by atoms with Crippen LogP contribution >= 0.6 is 0 Å². The summed E-state index contributed by atoms with van der Waals surface area (Å²) < 4.78 is 46.6. The number of hydrogen-bond acceptors (Lipinski definition) is 3. The molecule has 0 aliphatic rings. The lowest BCUT2D eigenvalue weighted by molar-refractivity contribution is -0.136. The van der Waals surface area contributed by atoms with Gasteiger partial charge in [-0.15, -0.1) is 0 Å². The lowest BCUT2D eigenvalue weighted by Gasteiger charge is -2.18. The van der Waals surface area contributed by atoms with Crippen LogP contribution in [0.1, 0.15) is 24.4 Å². The molecule has 1 aromatic carbocycles. The topological polar surface area (TPSA) is 44.5 Å². The second-order valence-electron chi connectivity index (χ2n) is 3.84. The van der Waals surface area contributed by atoms with Crippen molar-refractivity contribution in [1.82, 2.24) is 0 Å². The molecule has 0 aliphatic carbocycles. The van der Waals surface area contributed by atoms with Crippen LogP contribution in [0.25, 0.3) is 0 Å². The standard InChI is InChI=1S/C12H16F3NO2/c1-17-10-5-3-4-8(11(10)18-2)9(16)6-7-12(13,14)15/h3-5,9H,6-7,16H2,1-2H3. The fourth-order valence-corrected chi connectivity index (χ4v) is 1.68. The molecule has 2 N–H and O–H groups in total. The van der Waals surface area contributed by atoms with E-state index in [0.717, 1.165) is 0 Å². The van der Waals surface area contributed by atoms with Crippen LogP contribution in [-0.2, 0) is 0 Å². The van der Waals surface area contributed by atoms with Gasteiger partial charge in [-0.1, -0.05) is 12.1 Å². The average molecular weight is 263 g/mol. The maximum Gasteiger partial charge on any atom is 0.389 e. The van der Waals surface area contributed by atoms with Crippen molar-refractivity contribution in [2.24, 2.45) is 5.73 Å². The van der Waals surface area contributed by atoms with Gasteiger partial charge in [0.1, 0.15) is 0 Å². The van der Waals surface area contributed by atoms with Gasteiger partial charge in [0.15, 0.2) is 11.5 Å². The van der Waals surface area contributed by atoms with Crippen LogP contribution in [-0.4, -0.2) is 20.4 Å². The Bertz CT molecular complexity index is 393. The number of rotatable bonds is 5. The fraction of sp³-hybridized carbons (Fsp3) is 0.500. The number of nitrogens with two attached hydrogens (primary N) is 1. The van der Waals surface area contributed by atoms with Crippen molar-refractivity contribution in [3.63, 3.8) is 0 Å². The van der Waals surface area contributed by atoms with Crippen molar-refractivity contribution in [3.8, 4) is 11.5 Å². The summed E-state index contributed by atoms with van der Waals surface area (Å²) in [5.74, 6) is 0.840. The highest BCUT2D eigenvalue weighted by Crippen LogP contribution is 2.36. The molecule has 0 aromatic heterocycles. The van der Waals surface area contributed by atoms with Crippen LogP contribution in [0.15, 0.2) is 18.2 Å². The molecule has 102 valence electrons. The Morgan fingerprint density at radius 2 is 1.89 bits per heavy atom. The van der Waals surface area contributed by atoms with E-state index in [0.29, 0.717) is 17.1 Å². The van der Waals surface area contributed by atoms with Crippen LogP contribution in [0, 0.1) is 0 Å². The summed E-state index contributed by atoms with van der Waals surface area (Å²) in [6.45, 7) is 0. The summed E-state index contributed by atoms with van der Waals surface area (Å²) in [6, 6.07) is 4.24. The van der Waals surface area contributed by atoms with Gasteiger partial charge >= 0.3 is 6.18 Å². The van der Waals surface area contributed by atoms with Crippen LogP contribution in [0.3, 0.4) is 0 Å². The van der Waals surface area contributed by atoms with Crippen LogP contribution in [0.4, 0.5) is 13.2 Å². The molecule has 0 bridgehead atoms. The van der Waals surface area contributed by atoms with Crippen molar-refractivity contribution in [1.29, 1.82) is 0 Å². The molecule has 0 radical (unpaired) electrons. The average Bonchev–Trinajstić information content (AvgIpc) is 2.33. The van der Waals surface area contributed by atoms with E-state index in [1.165, 1.54) is 14.2 Å².